The Morgan fingerprint density at radius 1 is 0.971 bits per heavy atom. The Labute approximate surface area is 212 Å². The highest BCUT2D eigenvalue weighted by molar-refractivity contribution is 7.89. The Morgan fingerprint density at radius 3 is 2.40 bits per heavy atom. The highest BCUT2D eigenvalue weighted by Gasteiger charge is 2.28. The summed E-state index contributed by atoms with van der Waals surface area (Å²) in [5.74, 6) is -0.358. The normalized spacial score (nSPS) is 14.9. The highest BCUT2D eigenvalue weighted by atomic mass is 32.2. The summed E-state index contributed by atoms with van der Waals surface area (Å²) in [6.07, 6.45) is 8.29. The van der Waals surface area contributed by atoms with Gasteiger partial charge in [0.15, 0.2) is 5.11 Å². The largest absolute Gasteiger partial charge is 0.332 e. The van der Waals surface area contributed by atoms with Crippen molar-refractivity contribution in [3.05, 3.63) is 78.4 Å². The topological polar surface area (TPSA) is 78.5 Å². The number of rotatable bonds is 6. The lowest BCUT2D eigenvalue weighted by Gasteiger charge is -2.30. The third kappa shape index (κ3) is 6.14. The molecule has 0 bridgehead atoms. The molecule has 0 atom stereocenters. The van der Waals surface area contributed by atoms with Gasteiger partial charge in [-0.15, -0.1) is 0 Å². The van der Waals surface area contributed by atoms with Gasteiger partial charge in [-0.1, -0.05) is 61.7 Å². The SMILES string of the molecule is CN(C1CCCCC1)S(=O)(=O)c1ccc(NC(=S)NC(=O)/C=C/c2cccc3ccccc23)cc1. The second kappa shape index (κ2) is 11.1. The molecule has 3 aromatic carbocycles. The monoisotopic (exact) mass is 507 g/mol. The molecule has 182 valence electrons. The van der Waals surface area contributed by atoms with Gasteiger partial charge in [0.05, 0.1) is 4.90 Å². The van der Waals surface area contributed by atoms with Gasteiger partial charge < -0.3 is 5.32 Å². The van der Waals surface area contributed by atoms with E-state index in [0.717, 1.165) is 42.0 Å². The first kappa shape index (κ1) is 25.0. The van der Waals surface area contributed by atoms with Gasteiger partial charge in [-0.2, -0.15) is 4.31 Å². The summed E-state index contributed by atoms with van der Waals surface area (Å²) in [4.78, 5) is 12.6. The number of hydrogen-bond acceptors (Lipinski definition) is 4. The summed E-state index contributed by atoms with van der Waals surface area (Å²) in [6, 6.07) is 20.3. The molecule has 1 aliphatic rings. The zero-order valence-electron chi connectivity index (χ0n) is 19.6. The molecule has 2 N–H and O–H groups in total. The van der Waals surface area contributed by atoms with Gasteiger partial charge in [0.2, 0.25) is 15.9 Å². The maximum Gasteiger partial charge on any atom is 0.250 e. The van der Waals surface area contributed by atoms with Crippen molar-refractivity contribution < 1.29 is 13.2 Å². The van der Waals surface area contributed by atoms with Crippen LogP contribution in [0.1, 0.15) is 37.7 Å². The van der Waals surface area contributed by atoms with E-state index >= 15 is 0 Å². The van der Waals surface area contributed by atoms with Crippen LogP contribution in [0.25, 0.3) is 16.8 Å². The molecule has 0 saturated heterocycles. The molecule has 1 aliphatic carbocycles. The maximum absolute atomic E-state index is 13.0. The van der Waals surface area contributed by atoms with E-state index in [4.69, 9.17) is 12.2 Å². The predicted octanol–water partition coefficient (Wildman–Crippen LogP) is 5.32. The van der Waals surface area contributed by atoms with E-state index in [9.17, 15) is 13.2 Å². The predicted molar refractivity (Wildman–Crippen MR) is 146 cm³/mol. The molecule has 3 aromatic rings. The summed E-state index contributed by atoms with van der Waals surface area (Å²) in [7, 11) is -1.90. The first-order chi connectivity index (χ1) is 16.8. The van der Waals surface area contributed by atoms with E-state index in [1.54, 1.807) is 37.4 Å². The molecule has 35 heavy (non-hydrogen) atoms. The zero-order chi connectivity index (χ0) is 24.8. The fourth-order valence-corrected chi connectivity index (χ4v) is 6.03. The van der Waals surface area contributed by atoms with E-state index in [0.29, 0.717) is 5.69 Å². The van der Waals surface area contributed by atoms with Crippen molar-refractivity contribution in [2.24, 2.45) is 0 Å². The molecular formula is C27H29N3O3S2. The molecule has 0 aliphatic heterocycles. The standard InChI is InChI=1S/C27H29N3O3S2/c1-30(23-11-3-2-4-12-23)35(32,33)24-17-15-22(16-18-24)28-27(34)29-26(31)19-14-21-10-7-9-20-8-5-6-13-25(20)21/h5-10,13-19,23H,2-4,11-12H2,1H3,(H2,28,29,31,34)/b19-14+. The Morgan fingerprint density at radius 2 is 1.66 bits per heavy atom. The Bertz CT molecular complexity index is 1340. The number of amides is 1. The second-order valence-corrected chi connectivity index (χ2v) is 11.1. The molecule has 0 heterocycles. The number of carbonyl (C=O) groups excluding carboxylic acids is 1. The lowest BCUT2D eigenvalue weighted by atomic mass is 9.96. The number of thiocarbonyl (C=S) groups is 1. The third-order valence-corrected chi connectivity index (χ3v) is 8.48. The molecule has 4 rings (SSSR count). The van der Waals surface area contributed by atoms with Crippen LogP contribution in [-0.4, -0.2) is 36.8 Å². The van der Waals surface area contributed by atoms with Crippen LogP contribution in [0.3, 0.4) is 0 Å². The van der Waals surface area contributed by atoms with Crippen molar-refractivity contribution in [2.75, 3.05) is 12.4 Å². The average molecular weight is 508 g/mol. The molecule has 8 heteroatoms. The van der Waals surface area contributed by atoms with Gasteiger partial charge in [0.25, 0.3) is 0 Å². The van der Waals surface area contributed by atoms with E-state index in [-0.39, 0.29) is 22.0 Å². The molecule has 0 unspecified atom stereocenters. The second-order valence-electron chi connectivity index (χ2n) is 8.68. The number of fused-ring (bicyclic) bond motifs is 1. The molecule has 1 fully saturated rings. The molecule has 1 saturated carbocycles. The number of hydrogen-bond donors (Lipinski definition) is 2. The average Bonchev–Trinajstić information content (AvgIpc) is 2.87. The van der Waals surface area contributed by atoms with Crippen LogP contribution in [0, 0.1) is 0 Å². The lowest BCUT2D eigenvalue weighted by molar-refractivity contribution is -0.115. The molecule has 0 aromatic heterocycles. The van der Waals surface area contributed by atoms with Crippen LogP contribution in [0.4, 0.5) is 5.69 Å². The van der Waals surface area contributed by atoms with Gasteiger partial charge in [0, 0.05) is 24.9 Å². The van der Waals surface area contributed by atoms with Crippen molar-refractivity contribution in [1.29, 1.82) is 0 Å². The smallest absolute Gasteiger partial charge is 0.250 e. The van der Waals surface area contributed by atoms with Crippen molar-refractivity contribution in [3.63, 3.8) is 0 Å². The number of nitrogens with one attached hydrogen (secondary N) is 2. The fourth-order valence-electron chi connectivity index (χ4n) is 4.39. The Balaban J connectivity index is 1.35. The minimum Gasteiger partial charge on any atom is -0.332 e. The molecule has 6 nitrogen and oxygen atoms in total. The number of carbonyl (C=O) groups is 1. The number of sulfonamides is 1. The number of benzene rings is 3. The van der Waals surface area contributed by atoms with Gasteiger partial charge in [-0.25, -0.2) is 8.42 Å². The van der Waals surface area contributed by atoms with Crippen LogP contribution < -0.4 is 10.6 Å². The van der Waals surface area contributed by atoms with Gasteiger partial charge in [-0.3, -0.25) is 10.1 Å². The summed E-state index contributed by atoms with van der Waals surface area (Å²) in [5, 5.41) is 7.84. The van der Waals surface area contributed by atoms with Crippen LogP contribution in [0.15, 0.2) is 77.7 Å². The van der Waals surface area contributed by atoms with Crippen LogP contribution in [-0.2, 0) is 14.8 Å². The summed E-state index contributed by atoms with van der Waals surface area (Å²) >= 11 is 5.25. The van der Waals surface area contributed by atoms with Gasteiger partial charge >= 0.3 is 0 Å². The van der Waals surface area contributed by atoms with Crippen molar-refractivity contribution in [1.82, 2.24) is 9.62 Å². The first-order valence-electron chi connectivity index (χ1n) is 11.7. The number of nitrogens with zero attached hydrogens (tertiary/aromatic N) is 1. The summed E-state index contributed by atoms with van der Waals surface area (Å²) in [6.45, 7) is 0. The number of anilines is 1. The Kier molecular flexibility index (Phi) is 7.95. The minimum absolute atomic E-state index is 0.0521. The minimum atomic E-state index is -3.56. The summed E-state index contributed by atoms with van der Waals surface area (Å²) in [5.41, 5.74) is 1.53. The first-order valence-corrected chi connectivity index (χ1v) is 13.6. The molecular weight excluding hydrogens is 478 g/mol. The van der Waals surface area contributed by atoms with E-state index in [1.165, 1.54) is 16.8 Å². The van der Waals surface area contributed by atoms with E-state index < -0.39 is 10.0 Å². The highest BCUT2D eigenvalue weighted by Crippen LogP contribution is 2.27. The molecule has 0 radical (unpaired) electrons. The van der Waals surface area contributed by atoms with Crippen LogP contribution >= 0.6 is 12.2 Å². The zero-order valence-corrected chi connectivity index (χ0v) is 21.2. The third-order valence-electron chi connectivity index (χ3n) is 6.35. The fraction of sp³-hybridized carbons (Fsp3) is 0.259. The van der Waals surface area contributed by atoms with Crippen molar-refractivity contribution in [3.8, 4) is 0 Å². The van der Waals surface area contributed by atoms with Gasteiger partial charge in [-0.05, 0) is 71.7 Å². The summed E-state index contributed by atoms with van der Waals surface area (Å²) < 4.78 is 27.5. The maximum atomic E-state index is 13.0. The van der Waals surface area contributed by atoms with Crippen LogP contribution in [0.2, 0.25) is 0 Å². The van der Waals surface area contributed by atoms with E-state index in [2.05, 4.69) is 10.6 Å². The molecule has 0 spiro atoms. The molecule has 1 amide bonds. The Hall–Kier alpha value is -3.07. The van der Waals surface area contributed by atoms with E-state index in [1.807, 2.05) is 42.5 Å². The van der Waals surface area contributed by atoms with Crippen molar-refractivity contribution in [2.45, 2.75) is 43.0 Å². The van der Waals surface area contributed by atoms with Crippen molar-refractivity contribution >= 4 is 55.8 Å². The van der Waals surface area contributed by atoms with Crippen LogP contribution in [0.5, 0.6) is 0 Å². The van der Waals surface area contributed by atoms with Gasteiger partial charge in [0.1, 0.15) is 0 Å². The quantitative estimate of drug-likeness (QED) is 0.349. The lowest BCUT2D eigenvalue weighted by Crippen LogP contribution is -2.38.